The van der Waals surface area contributed by atoms with Crippen molar-refractivity contribution in [2.45, 2.75) is 0 Å². The maximum absolute atomic E-state index is 5.29. The molecule has 0 N–H and O–H groups in total. The van der Waals surface area contributed by atoms with Gasteiger partial charge in [0.25, 0.3) is 0 Å². The Morgan fingerprint density at radius 2 is 0.684 bits per heavy atom. The zero-order chi connectivity index (χ0) is 37.5. The summed E-state index contributed by atoms with van der Waals surface area (Å²) in [6.45, 7) is 0. The van der Waals surface area contributed by atoms with Crippen molar-refractivity contribution in [3.63, 3.8) is 0 Å². The van der Waals surface area contributed by atoms with Crippen molar-refractivity contribution < 1.29 is 0 Å². The van der Waals surface area contributed by atoms with E-state index in [4.69, 9.17) is 15.0 Å². The molecule has 0 aliphatic rings. The van der Waals surface area contributed by atoms with Crippen LogP contribution in [0.15, 0.2) is 194 Å². The van der Waals surface area contributed by atoms with Gasteiger partial charge in [-0.1, -0.05) is 152 Å². The van der Waals surface area contributed by atoms with E-state index in [-0.39, 0.29) is 0 Å². The zero-order valence-corrected chi connectivity index (χ0v) is 30.7. The molecule has 12 rings (SSSR count). The van der Waals surface area contributed by atoms with Gasteiger partial charge in [0.1, 0.15) is 0 Å². The summed E-state index contributed by atoms with van der Waals surface area (Å²) in [6, 6.07) is 68.4. The molecule has 8 aromatic carbocycles. The Kier molecular flexibility index (Phi) is 6.83. The van der Waals surface area contributed by atoms with Gasteiger partial charge >= 0.3 is 0 Å². The minimum atomic E-state index is 0.559. The number of nitrogens with zero attached hydrogens (tertiary/aromatic N) is 6. The predicted molar refractivity (Wildman–Crippen MR) is 234 cm³/mol. The van der Waals surface area contributed by atoms with Crippen LogP contribution in [-0.2, 0) is 0 Å². The van der Waals surface area contributed by atoms with Crippen molar-refractivity contribution in [2.24, 2.45) is 0 Å². The van der Waals surface area contributed by atoms with E-state index < -0.39 is 0 Å². The SMILES string of the molecule is c1ccc(-c2nc(-c3ccccc3)nc(-n3c4ccccc4c4c(-n5c6ccccc6c6ccccc65)c5c6ccccc6n(-c6ccccc6)c5cc43)n2)cc1. The van der Waals surface area contributed by atoms with Gasteiger partial charge in [0.15, 0.2) is 11.6 Å². The number of fused-ring (bicyclic) bond motifs is 9. The third kappa shape index (κ3) is 4.68. The highest BCUT2D eigenvalue weighted by atomic mass is 15.2. The lowest BCUT2D eigenvalue weighted by molar-refractivity contribution is 0.953. The number of hydrogen-bond acceptors (Lipinski definition) is 3. The molecule has 0 spiro atoms. The molecule has 0 saturated heterocycles. The van der Waals surface area contributed by atoms with Crippen LogP contribution < -0.4 is 0 Å². The first-order valence-electron chi connectivity index (χ1n) is 19.2. The normalized spacial score (nSPS) is 11.9. The van der Waals surface area contributed by atoms with Crippen molar-refractivity contribution in [2.75, 3.05) is 0 Å². The first kappa shape index (κ1) is 31.5. The molecule has 0 radical (unpaired) electrons. The third-order valence-electron chi connectivity index (χ3n) is 11.3. The first-order valence-corrected chi connectivity index (χ1v) is 19.2. The van der Waals surface area contributed by atoms with E-state index in [1.165, 1.54) is 21.5 Å². The summed E-state index contributed by atoms with van der Waals surface area (Å²) >= 11 is 0. The highest BCUT2D eigenvalue weighted by Crippen LogP contribution is 2.46. The summed E-state index contributed by atoms with van der Waals surface area (Å²) < 4.78 is 7.14. The van der Waals surface area contributed by atoms with Gasteiger partial charge < -0.3 is 9.13 Å². The summed E-state index contributed by atoms with van der Waals surface area (Å²) in [5.74, 6) is 1.80. The van der Waals surface area contributed by atoms with Crippen molar-refractivity contribution in [3.8, 4) is 40.1 Å². The number of hydrogen-bond donors (Lipinski definition) is 0. The Bertz CT molecular complexity index is 3390. The van der Waals surface area contributed by atoms with Gasteiger partial charge in [-0.3, -0.25) is 4.57 Å². The second-order valence-electron chi connectivity index (χ2n) is 14.4. The van der Waals surface area contributed by atoms with Crippen LogP contribution in [0.2, 0.25) is 0 Å². The van der Waals surface area contributed by atoms with E-state index in [0.29, 0.717) is 17.6 Å². The third-order valence-corrected chi connectivity index (χ3v) is 11.3. The Labute approximate surface area is 327 Å². The van der Waals surface area contributed by atoms with Gasteiger partial charge in [0.05, 0.1) is 38.8 Å². The van der Waals surface area contributed by atoms with E-state index in [1.807, 2.05) is 36.4 Å². The monoisotopic (exact) mass is 728 g/mol. The molecule has 0 bridgehead atoms. The number of benzene rings is 8. The highest BCUT2D eigenvalue weighted by molar-refractivity contribution is 6.27. The molecule has 4 aromatic heterocycles. The Morgan fingerprint density at radius 1 is 0.298 bits per heavy atom. The summed E-state index contributed by atoms with van der Waals surface area (Å²) in [7, 11) is 0. The Morgan fingerprint density at radius 3 is 1.19 bits per heavy atom. The zero-order valence-electron chi connectivity index (χ0n) is 30.7. The predicted octanol–water partition coefficient (Wildman–Crippen LogP) is 12.5. The van der Waals surface area contributed by atoms with Gasteiger partial charge in [0.2, 0.25) is 5.95 Å². The molecule has 0 atom stereocenters. The number of rotatable bonds is 5. The van der Waals surface area contributed by atoms with Gasteiger partial charge in [-0.2, -0.15) is 9.97 Å². The van der Waals surface area contributed by atoms with Crippen molar-refractivity contribution in [1.29, 1.82) is 0 Å². The average Bonchev–Trinajstić information content (AvgIpc) is 3.92. The van der Waals surface area contributed by atoms with Crippen LogP contribution in [-0.4, -0.2) is 28.7 Å². The summed E-state index contributed by atoms with van der Waals surface area (Å²) in [4.78, 5) is 15.6. The summed E-state index contributed by atoms with van der Waals surface area (Å²) in [5, 5.41) is 7.04. The topological polar surface area (TPSA) is 53.5 Å². The molecule has 6 heteroatoms. The van der Waals surface area contributed by atoms with Crippen LogP contribution >= 0.6 is 0 Å². The lowest BCUT2D eigenvalue weighted by Crippen LogP contribution is -2.06. The molecule has 0 aliphatic carbocycles. The van der Waals surface area contributed by atoms with Crippen LogP contribution in [0.4, 0.5) is 0 Å². The van der Waals surface area contributed by atoms with E-state index in [2.05, 4.69) is 171 Å². The van der Waals surface area contributed by atoms with Crippen molar-refractivity contribution >= 4 is 65.4 Å². The molecule has 0 saturated carbocycles. The van der Waals surface area contributed by atoms with Crippen LogP contribution in [0.1, 0.15) is 0 Å². The van der Waals surface area contributed by atoms with E-state index >= 15 is 0 Å². The summed E-state index contributed by atoms with van der Waals surface area (Å²) in [6.07, 6.45) is 0. The fraction of sp³-hybridized carbons (Fsp3) is 0. The maximum atomic E-state index is 5.29. The molecule has 0 aliphatic heterocycles. The van der Waals surface area contributed by atoms with E-state index in [9.17, 15) is 0 Å². The quantitative estimate of drug-likeness (QED) is 0.177. The molecule has 0 unspecified atom stereocenters. The molecular weight excluding hydrogens is 697 g/mol. The molecule has 0 fully saturated rings. The molecule has 6 nitrogen and oxygen atoms in total. The lowest BCUT2D eigenvalue weighted by Gasteiger charge is -2.15. The number of para-hydroxylation sites is 5. The van der Waals surface area contributed by atoms with Crippen LogP contribution in [0.25, 0.3) is 106 Å². The molecule has 4 heterocycles. The summed E-state index contributed by atoms with van der Waals surface area (Å²) in [5.41, 5.74) is 10.6. The van der Waals surface area contributed by atoms with Gasteiger partial charge in [-0.05, 0) is 42.5 Å². The van der Waals surface area contributed by atoms with E-state index in [0.717, 1.165) is 66.4 Å². The molecular formula is C51H32N6. The van der Waals surface area contributed by atoms with Gasteiger partial charge in [0, 0.05) is 49.1 Å². The van der Waals surface area contributed by atoms with Gasteiger partial charge in [-0.15, -0.1) is 0 Å². The van der Waals surface area contributed by atoms with Gasteiger partial charge in [-0.25, -0.2) is 4.98 Å². The molecule has 12 aromatic rings. The highest BCUT2D eigenvalue weighted by Gasteiger charge is 2.27. The van der Waals surface area contributed by atoms with Crippen LogP contribution in [0, 0.1) is 0 Å². The fourth-order valence-corrected chi connectivity index (χ4v) is 8.90. The molecule has 0 amide bonds. The van der Waals surface area contributed by atoms with Crippen molar-refractivity contribution in [3.05, 3.63) is 194 Å². The second-order valence-corrected chi connectivity index (χ2v) is 14.4. The number of aromatic nitrogens is 6. The standard InChI is InChI=1S/C51H32N6/c1-4-18-33(19-5-1)49-52-50(34-20-6-2-7-21-34)54-51(53-49)57-43-31-17-13-27-39(43)47-45(57)32-44-46(38-26-12-16-30-42(38)55(44)35-22-8-3-9-23-35)48(47)56-40-28-14-10-24-36(40)37-25-11-15-29-41(37)56/h1-32H. The fourth-order valence-electron chi connectivity index (χ4n) is 8.90. The second kappa shape index (κ2) is 12.3. The smallest absolute Gasteiger partial charge is 0.238 e. The lowest BCUT2D eigenvalue weighted by atomic mass is 10.0. The average molecular weight is 729 g/mol. The largest absolute Gasteiger partial charge is 0.309 e. The van der Waals surface area contributed by atoms with Crippen molar-refractivity contribution in [1.82, 2.24) is 28.7 Å². The van der Waals surface area contributed by atoms with E-state index in [1.54, 1.807) is 0 Å². The molecule has 266 valence electrons. The van der Waals surface area contributed by atoms with Crippen LogP contribution in [0.5, 0.6) is 0 Å². The minimum absolute atomic E-state index is 0.559. The van der Waals surface area contributed by atoms with Crippen LogP contribution in [0.3, 0.4) is 0 Å². The Balaban J connectivity index is 1.32. The maximum Gasteiger partial charge on any atom is 0.238 e. The Hall–Kier alpha value is -7.83. The molecule has 57 heavy (non-hydrogen) atoms. The minimum Gasteiger partial charge on any atom is -0.309 e. The first-order chi connectivity index (χ1) is 28.3.